The molecule has 0 radical (unpaired) electrons. The highest BCUT2D eigenvalue weighted by molar-refractivity contribution is 5.70. The topological polar surface area (TPSA) is 59.7 Å². The minimum atomic E-state index is -0.898. The average molecular weight is 246 g/mol. The van der Waals surface area contributed by atoms with Crippen molar-refractivity contribution in [3.05, 3.63) is 41.7 Å². The van der Waals surface area contributed by atoms with Crippen molar-refractivity contribution in [1.29, 1.82) is 0 Å². The zero-order valence-electron chi connectivity index (χ0n) is 10.3. The molecule has 0 atom stereocenters. The van der Waals surface area contributed by atoms with E-state index in [-0.39, 0.29) is 6.42 Å². The molecular weight excluding hydrogens is 232 g/mol. The van der Waals surface area contributed by atoms with E-state index in [4.69, 9.17) is 14.3 Å². The van der Waals surface area contributed by atoms with E-state index >= 15 is 0 Å². The summed E-state index contributed by atoms with van der Waals surface area (Å²) < 4.78 is 10.7. The summed E-state index contributed by atoms with van der Waals surface area (Å²) in [5, 5.41) is 8.77. The van der Waals surface area contributed by atoms with Crippen LogP contribution < -0.4 is 4.74 Å². The molecule has 0 unspecified atom stereocenters. The zero-order valence-corrected chi connectivity index (χ0v) is 10.3. The van der Waals surface area contributed by atoms with E-state index in [1.807, 2.05) is 37.3 Å². The first kappa shape index (κ1) is 12.2. The summed E-state index contributed by atoms with van der Waals surface area (Å²) in [6.45, 7) is 1.84. The molecule has 0 saturated heterocycles. The number of hydrogen-bond acceptors (Lipinski definition) is 3. The van der Waals surface area contributed by atoms with Gasteiger partial charge >= 0.3 is 5.97 Å². The summed E-state index contributed by atoms with van der Waals surface area (Å²) in [7, 11) is 1.60. The van der Waals surface area contributed by atoms with Crippen molar-refractivity contribution < 1.29 is 19.1 Å². The van der Waals surface area contributed by atoms with Crippen molar-refractivity contribution in [1.82, 2.24) is 0 Å². The summed E-state index contributed by atoms with van der Waals surface area (Å²) >= 11 is 0. The Morgan fingerprint density at radius 3 is 2.83 bits per heavy atom. The Morgan fingerprint density at radius 1 is 1.39 bits per heavy atom. The lowest BCUT2D eigenvalue weighted by Crippen LogP contribution is -1.99. The van der Waals surface area contributed by atoms with Crippen molar-refractivity contribution in [2.45, 2.75) is 13.3 Å². The van der Waals surface area contributed by atoms with E-state index in [2.05, 4.69) is 0 Å². The summed E-state index contributed by atoms with van der Waals surface area (Å²) in [6.07, 6.45) is -0.101. The van der Waals surface area contributed by atoms with Crippen LogP contribution in [0.25, 0.3) is 11.3 Å². The van der Waals surface area contributed by atoms with Gasteiger partial charge in [0.1, 0.15) is 23.7 Å². The lowest BCUT2D eigenvalue weighted by molar-refractivity contribution is -0.136. The van der Waals surface area contributed by atoms with Gasteiger partial charge < -0.3 is 14.3 Å². The molecule has 4 heteroatoms. The second-order valence-electron chi connectivity index (χ2n) is 4.02. The van der Waals surface area contributed by atoms with E-state index < -0.39 is 5.97 Å². The number of methoxy groups -OCH3 is 1. The molecule has 0 aliphatic rings. The van der Waals surface area contributed by atoms with Gasteiger partial charge in [-0.15, -0.1) is 0 Å². The smallest absolute Gasteiger partial charge is 0.311 e. The number of carbonyl (C=O) groups is 1. The molecule has 0 saturated carbocycles. The van der Waals surface area contributed by atoms with Gasteiger partial charge in [0, 0.05) is 5.56 Å². The maximum Gasteiger partial charge on any atom is 0.311 e. The molecule has 2 rings (SSSR count). The first-order chi connectivity index (χ1) is 8.60. The first-order valence-corrected chi connectivity index (χ1v) is 5.55. The van der Waals surface area contributed by atoms with Gasteiger partial charge in [0.15, 0.2) is 0 Å². The van der Waals surface area contributed by atoms with Crippen LogP contribution in [-0.4, -0.2) is 18.2 Å². The number of aryl methyl sites for hydroxylation is 1. The van der Waals surface area contributed by atoms with Crippen molar-refractivity contribution in [2.24, 2.45) is 0 Å². The second kappa shape index (κ2) is 4.96. The molecule has 1 aromatic heterocycles. The van der Waals surface area contributed by atoms with Gasteiger partial charge in [-0.2, -0.15) is 0 Å². The van der Waals surface area contributed by atoms with Crippen LogP contribution in [0.1, 0.15) is 11.3 Å². The standard InChI is InChI=1S/C14H14O4/c1-9-6-13(18-12(9)8-14(15)16)10-4-3-5-11(7-10)17-2/h3-7H,8H2,1-2H3,(H,15,16). The van der Waals surface area contributed by atoms with Crippen molar-refractivity contribution in [2.75, 3.05) is 7.11 Å². The molecule has 0 fully saturated rings. The predicted octanol–water partition coefficient (Wildman–Crippen LogP) is 2.89. The molecule has 1 aromatic carbocycles. The SMILES string of the molecule is COc1cccc(-c2cc(C)c(CC(=O)O)o2)c1. The minimum Gasteiger partial charge on any atom is -0.497 e. The number of carboxylic acid groups (broad SMARTS) is 1. The van der Waals surface area contributed by atoms with E-state index in [1.165, 1.54) is 0 Å². The van der Waals surface area contributed by atoms with Gasteiger partial charge in [-0.3, -0.25) is 4.79 Å². The fourth-order valence-electron chi connectivity index (χ4n) is 1.75. The molecule has 0 amide bonds. The number of carboxylic acids is 1. The van der Waals surface area contributed by atoms with Gasteiger partial charge in [0.25, 0.3) is 0 Å². The average Bonchev–Trinajstić information content (AvgIpc) is 2.70. The van der Waals surface area contributed by atoms with E-state index in [1.54, 1.807) is 7.11 Å². The van der Waals surface area contributed by atoms with E-state index in [0.29, 0.717) is 11.5 Å². The molecule has 1 heterocycles. The zero-order chi connectivity index (χ0) is 13.1. The van der Waals surface area contributed by atoms with Crippen LogP contribution in [0.2, 0.25) is 0 Å². The van der Waals surface area contributed by atoms with Gasteiger partial charge in [-0.25, -0.2) is 0 Å². The summed E-state index contributed by atoms with van der Waals surface area (Å²) in [5.41, 5.74) is 1.71. The number of ether oxygens (including phenoxy) is 1. The van der Waals surface area contributed by atoms with E-state index in [9.17, 15) is 4.79 Å². The quantitative estimate of drug-likeness (QED) is 0.901. The maximum atomic E-state index is 10.7. The molecule has 94 valence electrons. The predicted molar refractivity (Wildman–Crippen MR) is 66.8 cm³/mol. The largest absolute Gasteiger partial charge is 0.497 e. The summed E-state index contributed by atoms with van der Waals surface area (Å²) in [6, 6.07) is 9.29. The third kappa shape index (κ3) is 2.53. The highest BCUT2D eigenvalue weighted by Crippen LogP contribution is 2.28. The van der Waals surface area contributed by atoms with Crippen LogP contribution in [0, 0.1) is 6.92 Å². The van der Waals surface area contributed by atoms with Crippen LogP contribution >= 0.6 is 0 Å². The fraction of sp³-hybridized carbons (Fsp3) is 0.214. The molecule has 0 bridgehead atoms. The van der Waals surface area contributed by atoms with Crippen LogP contribution in [0.4, 0.5) is 0 Å². The molecular formula is C14H14O4. The second-order valence-corrected chi connectivity index (χ2v) is 4.02. The molecule has 18 heavy (non-hydrogen) atoms. The lowest BCUT2D eigenvalue weighted by atomic mass is 10.1. The minimum absolute atomic E-state index is 0.101. The lowest BCUT2D eigenvalue weighted by Gasteiger charge is -2.01. The third-order valence-corrected chi connectivity index (χ3v) is 2.69. The first-order valence-electron chi connectivity index (χ1n) is 5.55. The Kier molecular flexibility index (Phi) is 3.37. The van der Waals surface area contributed by atoms with Crippen molar-refractivity contribution >= 4 is 5.97 Å². The summed E-state index contributed by atoms with van der Waals surface area (Å²) in [5.74, 6) is 0.981. The Labute approximate surface area is 105 Å². The third-order valence-electron chi connectivity index (χ3n) is 2.69. The Hall–Kier alpha value is -2.23. The molecule has 0 spiro atoms. The molecule has 0 aliphatic carbocycles. The number of rotatable bonds is 4. The van der Waals surface area contributed by atoms with Gasteiger partial charge in [-0.05, 0) is 30.7 Å². The van der Waals surface area contributed by atoms with E-state index in [0.717, 1.165) is 16.9 Å². The van der Waals surface area contributed by atoms with Crippen LogP contribution in [-0.2, 0) is 11.2 Å². The highest BCUT2D eigenvalue weighted by Gasteiger charge is 2.12. The van der Waals surface area contributed by atoms with Crippen LogP contribution in [0.3, 0.4) is 0 Å². The number of hydrogen-bond donors (Lipinski definition) is 1. The van der Waals surface area contributed by atoms with Gasteiger partial charge in [-0.1, -0.05) is 12.1 Å². The van der Waals surface area contributed by atoms with Gasteiger partial charge in [0.2, 0.25) is 0 Å². The van der Waals surface area contributed by atoms with Crippen molar-refractivity contribution in [3.8, 4) is 17.1 Å². The summed E-state index contributed by atoms with van der Waals surface area (Å²) in [4.78, 5) is 10.7. The van der Waals surface area contributed by atoms with Crippen LogP contribution in [0.15, 0.2) is 34.7 Å². The Balaban J connectivity index is 2.35. The number of benzene rings is 1. The Morgan fingerprint density at radius 2 is 2.17 bits per heavy atom. The molecule has 0 aliphatic heterocycles. The van der Waals surface area contributed by atoms with Gasteiger partial charge in [0.05, 0.1) is 7.11 Å². The highest BCUT2D eigenvalue weighted by atomic mass is 16.5. The maximum absolute atomic E-state index is 10.7. The molecule has 2 aromatic rings. The normalized spacial score (nSPS) is 10.3. The van der Waals surface area contributed by atoms with Crippen molar-refractivity contribution in [3.63, 3.8) is 0 Å². The fourth-order valence-corrected chi connectivity index (χ4v) is 1.75. The number of aliphatic carboxylic acids is 1. The number of furan rings is 1. The Bertz CT molecular complexity index is 569. The molecule has 4 nitrogen and oxygen atoms in total. The molecule has 1 N–H and O–H groups in total. The monoisotopic (exact) mass is 246 g/mol. The van der Waals surface area contributed by atoms with Crippen LogP contribution in [0.5, 0.6) is 5.75 Å².